The van der Waals surface area contributed by atoms with Crippen molar-refractivity contribution in [1.82, 2.24) is 10.2 Å². The van der Waals surface area contributed by atoms with Gasteiger partial charge in [0.05, 0.1) is 11.3 Å². The Bertz CT molecular complexity index is 719. The topological polar surface area (TPSA) is 68.2 Å². The molecule has 0 saturated carbocycles. The van der Waals surface area contributed by atoms with Crippen molar-refractivity contribution in [2.75, 3.05) is 19.4 Å². The van der Waals surface area contributed by atoms with E-state index < -0.39 is 0 Å². The first kappa shape index (κ1) is 16.5. The molecule has 0 unspecified atom stereocenters. The molecular formula is C18H20N4O. The predicted molar refractivity (Wildman–Crippen MR) is 90.8 cm³/mol. The molecule has 23 heavy (non-hydrogen) atoms. The molecule has 0 saturated heterocycles. The van der Waals surface area contributed by atoms with Crippen LogP contribution in [0.3, 0.4) is 0 Å². The second-order valence-electron chi connectivity index (χ2n) is 5.52. The fourth-order valence-corrected chi connectivity index (χ4v) is 2.24. The Hall–Kier alpha value is -2.84. The normalized spacial score (nSPS) is 10.2. The Labute approximate surface area is 136 Å². The zero-order valence-corrected chi connectivity index (χ0v) is 13.3. The molecule has 0 aliphatic heterocycles. The van der Waals surface area contributed by atoms with Crippen LogP contribution in [0.1, 0.15) is 16.7 Å². The third kappa shape index (κ3) is 5.13. The van der Waals surface area contributed by atoms with E-state index in [1.165, 1.54) is 5.56 Å². The molecule has 2 rings (SSSR count). The third-order valence-electron chi connectivity index (χ3n) is 3.24. The second-order valence-corrected chi connectivity index (χ2v) is 5.52. The maximum atomic E-state index is 12.0. The number of nitrogens with one attached hydrogen (secondary N) is 2. The van der Waals surface area contributed by atoms with Crippen LogP contribution in [0.2, 0.25) is 0 Å². The highest BCUT2D eigenvalue weighted by atomic mass is 16.2. The number of carbonyl (C=O) groups is 1. The van der Waals surface area contributed by atoms with Gasteiger partial charge in [0.1, 0.15) is 6.07 Å². The zero-order chi connectivity index (χ0) is 16.7. The number of para-hydroxylation sites is 1. The van der Waals surface area contributed by atoms with Crippen molar-refractivity contribution in [2.24, 2.45) is 0 Å². The first-order chi connectivity index (χ1) is 11.1. The van der Waals surface area contributed by atoms with Crippen molar-refractivity contribution in [2.45, 2.75) is 13.1 Å². The van der Waals surface area contributed by atoms with Crippen LogP contribution in [0.25, 0.3) is 0 Å². The Morgan fingerprint density at radius 3 is 2.61 bits per heavy atom. The number of rotatable bonds is 5. The molecule has 2 N–H and O–H groups in total. The lowest BCUT2D eigenvalue weighted by Gasteiger charge is -2.12. The predicted octanol–water partition coefficient (Wildman–Crippen LogP) is 2.94. The molecular weight excluding hydrogens is 288 g/mol. The molecule has 5 heteroatoms. The average Bonchev–Trinajstić information content (AvgIpc) is 2.53. The molecule has 0 aliphatic rings. The molecule has 2 amide bonds. The van der Waals surface area contributed by atoms with E-state index >= 15 is 0 Å². The van der Waals surface area contributed by atoms with Gasteiger partial charge in [-0.25, -0.2) is 4.79 Å². The second kappa shape index (κ2) is 7.97. The minimum atomic E-state index is -0.328. The lowest BCUT2D eigenvalue weighted by atomic mass is 10.1. The maximum Gasteiger partial charge on any atom is 0.319 e. The molecule has 118 valence electrons. The van der Waals surface area contributed by atoms with E-state index in [0.717, 1.165) is 12.1 Å². The minimum Gasteiger partial charge on any atom is -0.334 e. The monoisotopic (exact) mass is 308 g/mol. The summed E-state index contributed by atoms with van der Waals surface area (Å²) in [5.74, 6) is 0. The summed E-state index contributed by atoms with van der Waals surface area (Å²) in [5, 5.41) is 14.5. The molecule has 0 aromatic heterocycles. The molecule has 0 bridgehead atoms. The number of benzene rings is 2. The van der Waals surface area contributed by atoms with Crippen LogP contribution in [0.4, 0.5) is 10.5 Å². The van der Waals surface area contributed by atoms with Crippen LogP contribution in [0.5, 0.6) is 0 Å². The van der Waals surface area contributed by atoms with Gasteiger partial charge >= 0.3 is 6.03 Å². The lowest BCUT2D eigenvalue weighted by Crippen LogP contribution is -2.28. The van der Waals surface area contributed by atoms with Crippen LogP contribution in [-0.2, 0) is 13.1 Å². The molecule has 0 aliphatic carbocycles. The Balaban J connectivity index is 1.93. The van der Waals surface area contributed by atoms with Gasteiger partial charge in [0.25, 0.3) is 0 Å². The van der Waals surface area contributed by atoms with Crippen LogP contribution >= 0.6 is 0 Å². The minimum absolute atomic E-state index is 0.328. The number of nitrogens with zero attached hydrogens (tertiary/aromatic N) is 2. The smallest absolute Gasteiger partial charge is 0.319 e. The van der Waals surface area contributed by atoms with E-state index in [9.17, 15) is 4.79 Å². The highest BCUT2D eigenvalue weighted by molar-refractivity contribution is 5.90. The largest absolute Gasteiger partial charge is 0.334 e. The number of nitriles is 1. The van der Waals surface area contributed by atoms with Gasteiger partial charge in [-0.3, -0.25) is 0 Å². The van der Waals surface area contributed by atoms with E-state index in [2.05, 4.69) is 33.7 Å². The Morgan fingerprint density at radius 1 is 1.13 bits per heavy atom. The van der Waals surface area contributed by atoms with Crippen molar-refractivity contribution >= 4 is 11.7 Å². The van der Waals surface area contributed by atoms with Crippen LogP contribution in [0.15, 0.2) is 48.5 Å². The van der Waals surface area contributed by atoms with Crippen molar-refractivity contribution in [3.63, 3.8) is 0 Å². The first-order valence-electron chi connectivity index (χ1n) is 7.35. The Morgan fingerprint density at radius 2 is 1.87 bits per heavy atom. The number of carbonyl (C=O) groups excluding carboxylic acids is 1. The molecule has 5 nitrogen and oxygen atoms in total. The van der Waals surface area contributed by atoms with Gasteiger partial charge < -0.3 is 15.5 Å². The van der Waals surface area contributed by atoms with E-state index in [-0.39, 0.29) is 6.03 Å². The van der Waals surface area contributed by atoms with Crippen LogP contribution in [-0.4, -0.2) is 25.0 Å². The highest BCUT2D eigenvalue weighted by Crippen LogP contribution is 2.13. The van der Waals surface area contributed by atoms with Crippen molar-refractivity contribution < 1.29 is 4.79 Å². The fourth-order valence-electron chi connectivity index (χ4n) is 2.24. The molecule has 2 aromatic carbocycles. The van der Waals surface area contributed by atoms with E-state index in [1.54, 1.807) is 24.3 Å². The number of anilines is 1. The maximum absolute atomic E-state index is 12.0. The fraction of sp³-hybridized carbons (Fsp3) is 0.222. The zero-order valence-electron chi connectivity index (χ0n) is 13.3. The summed E-state index contributed by atoms with van der Waals surface area (Å²) in [4.78, 5) is 14.1. The summed E-state index contributed by atoms with van der Waals surface area (Å²) in [5.41, 5.74) is 3.18. The van der Waals surface area contributed by atoms with Crippen molar-refractivity contribution in [3.8, 4) is 6.07 Å². The van der Waals surface area contributed by atoms with Gasteiger partial charge in [-0.15, -0.1) is 0 Å². The van der Waals surface area contributed by atoms with Gasteiger partial charge in [0.2, 0.25) is 0 Å². The summed E-state index contributed by atoms with van der Waals surface area (Å²) in [6, 6.07) is 16.7. The highest BCUT2D eigenvalue weighted by Gasteiger charge is 2.06. The quantitative estimate of drug-likeness (QED) is 0.892. The summed E-state index contributed by atoms with van der Waals surface area (Å²) in [7, 11) is 4.04. The lowest BCUT2D eigenvalue weighted by molar-refractivity contribution is 0.251. The summed E-state index contributed by atoms with van der Waals surface area (Å²) < 4.78 is 0. The molecule has 2 aromatic rings. The SMILES string of the molecule is CN(C)Cc1cccc(CNC(=O)Nc2ccccc2C#N)c1. The first-order valence-corrected chi connectivity index (χ1v) is 7.35. The number of hydrogen-bond donors (Lipinski definition) is 2. The molecule has 0 fully saturated rings. The summed E-state index contributed by atoms with van der Waals surface area (Å²) >= 11 is 0. The van der Waals surface area contributed by atoms with E-state index in [4.69, 9.17) is 5.26 Å². The molecule has 0 radical (unpaired) electrons. The third-order valence-corrected chi connectivity index (χ3v) is 3.24. The molecule has 0 atom stereocenters. The number of amides is 2. The van der Waals surface area contributed by atoms with Gasteiger partial charge in [-0.05, 0) is 37.4 Å². The van der Waals surface area contributed by atoms with Gasteiger partial charge in [0.15, 0.2) is 0 Å². The molecule has 0 spiro atoms. The average molecular weight is 308 g/mol. The van der Waals surface area contributed by atoms with E-state index in [1.807, 2.05) is 26.2 Å². The van der Waals surface area contributed by atoms with Crippen LogP contribution < -0.4 is 10.6 Å². The van der Waals surface area contributed by atoms with Crippen molar-refractivity contribution in [3.05, 3.63) is 65.2 Å². The van der Waals surface area contributed by atoms with Gasteiger partial charge in [-0.1, -0.05) is 36.4 Å². The number of hydrogen-bond acceptors (Lipinski definition) is 3. The van der Waals surface area contributed by atoms with Gasteiger partial charge in [-0.2, -0.15) is 5.26 Å². The Kier molecular flexibility index (Phi) is 5.73. The van der Waals surface area contributed by atoms with E-state index in [0.29, 0.717) is 17.8 Å². The summed E-state index contributed by atoms with van der Waals surface area (Å²) in [6.07, 6.45) is 0. The summed E-state index contributed by atoms with van der Waals surface area (Å²) in [6.45, 7) is 1.29. The van der Waals surface area contributed by atoms with Crippen LogP contribution in [0, 0.1) is 11.3 Å². The van der Waals surface area contributed by atoms with Gasteiger partial charge in [0, 0.05) is 13.1 Å². The standard InChI is InChI=1S/C18H20N4O/c1-22(2)13-15-7-5-6-14(10-15)12-20-18(23)21-17-9-4-3-8-16(17)11-19/h3-10H,12-13H2,1-2H3,(H2,20,21,23). The van der Waals surface area contributed by atoms with Crippen molar-refractivity contribution in [1.29, 1.82) is 5.26 Å². The molecule has 0 heterocycles. The number of urea groups is 1.